The molecule has 0 aliphatic rings. The molecule has 3 aromatic rings. The van der Waals surface area contributed by atoms with Crippen molar-refractivity contribution in [3.63, 3.8) is 0 Å². The second-order valence-electron chi connectivity index (χ2n) is 5.74. The van der Waals surface area contributed by atoms with Crippen LogP contribution in [0.15, 0.2) is 48.5 Å². The number of carbonyl (C=O) groups is 1. The molecule has 2 aromatic carbocycles. The quantitative estimate of drug-likeness (QED) is 0.654. The molecule has 27 heavy (non-hydrogen) atoms. The minimum absolute atomic E-state index is 0.110. The van der Waals surface area contributed by atoms with E-state index >= 15 is 0 Å². The van der Waals surface area contributed by atoms with Crippen LogP contribution in [-0.2, 0) is 17.8 Å². The van der Waals surface area contributed by atoms with Crippen LogP contribution >= 0.6 is 0 Å². The summed E-state index contributed by atoms with van der Waals surface area (Å²) in [6.45, 7) is 2.77. The molecule has 1 aromatic heterocycles. The first kappa shape index (κ1) is 18.4. The van der Waals surface area contributed by atoms with Crippen LogP contribution in [0.2, 0.25) is 0 Å². The van der Waals surface area contributed by atoms with Gasteiger partial charge in [-0.2, -0.15) is 4.68 Å². The monoisotopic (exact) mass is 367 g/mol. The summed E-state index contributed by atoms with van der Waals surface area (Å²) in [4.78, 5) is 12.2. The van der Waals surface area contributed by atoms with Gasteiger partial charge in [0, 0.05) is 0 Å². The van der Waals surface area contributed by atoms with E-state index in [1.165, 1.54) is 0 Å². The van der Waals surface area contributed by atoms with E-state index in [9.17, 15) is 4.79 Å². The van der Waals surface area contributed by atoms with Crippen molar-refractivity contribution in [1.82, 2.24) is 25.5 Å². The van der Waals surface area contributed by atoms with Crippen molar-refractivity contribution in [2.75, 3.05) is 13.7 Å². The van der Waals surface area contributed by atoms with Gasteiger partial charge in [-0.05, 0) is 59.3 Å². The zero-order chi connectivity index (χ0) is 19.1. The minimum atomic E-state index is -0.110. The molecule has 0 aliphatic heterocycles. The zero-order valence-electron chi connectivity index (χ0n) is 15.3. The largest absolute Gasteiger partial charge is 0.497 e. The van der Waals surface area contributed by atoms with Crippen LogP contribution in [0.25, 0.3) is 5.69 Å². The highest BCUT2D eigenvalue weighted by molar-refractivity contribution is 5.78. The lowest BCUT2D eigenvalue weighted by Crippen LogP contribution is -2.26. The second kappa shape index (κ2) is 8.79. The summed E-state index contributed by atoms with van der Waals surface area (Å²) < 4.78 is 12.1. The van der Waals surface area contributed by atoms with Gasteiger partial charge in [-0.1, -0.05) is 12.1 Å². The number of hydrogen-bond donors (Lipinski definition) is 1. The summed E-state index contributed by atoms with van der Waals surface area (Å²) >= 11 is 0. The molecule has 0 bridgehead atoms. The predicted octanol–water partition coefficient (Wildman–Crippen LogP) is 1.93. The van der Waals surface area contributed by atoms with E-state index in [0.29, 0.717) is 12.4 Å². The Morgan fingerprint density at radius 2 is 1.78 bits per heavy atom. The van der Waals surface area contributed by atoms with Gasteiger partial charge in [0.1, 0.15) is 11.5 Å². The lowest BCUT2D eigenvalue weighted by molar-refractivity contribution is -0.120. The third-order valence-electron chi connectivity index (χ3n) is 3.89. The SMILES string of the molecule is CCOc1ccc(-n2nnnc2CNC(=O)Cc2ccc(OC)cc2)cc1. The van der Waals surface area contributed by atoms with Gasteiger partial charge in [0.05, 0.1) is 32.4 Å². The Morgan fingerprint density at radius 1 is 1.07 bits per heavy atom. The van der Waals surface area contributed by atoms with Crippen molar-refractivity contribution in [1.29, 1.82) is 0 Å². The predicted molar refractivity (Wildman–Crippen MR) is 98.9 cm³/mol. The van der Waals surface area contributed by atoms with Gasteiger partial charge in [0.15, 0.2) is 5.82 Å². The number of amides is 1. The van der Waals surface area contributed by atoms with Gasteiger partial charge in [0.25, 0.3) is 0 Å². The number of aromatic nitrogens is 4. The number of ether oxygens (including phenoxy) is 2. The molecule has 0 fully saturated rings. The first-order valence-electron chi connectivity index (χ1n) is 8.59. The van der Waals surface area contributed by atoms with Crippen molar-refractivity contribution in [3.8, 4) is 17.2 Å². The standard InChI is InChI=1S/C19H21N5O3/c1-3-27-17-10-6-15(7-11-17)24-18(21-22-23-24)13-20-19(25)12-14-4-8-16(26-2)9-5-14/h4-11H,3,12-13H2,1-2H3,(H,20,25). The molecule has 1 heterocycles. The number of benzene rings is 2. The fraction of sp³-hybridized carbons (Fsp3) is 0.263. The summed E-state index contributed by atoms with van der Waals surface area (Å²) in [5, 5.41) is 14.5. The molecule has 140 valence electrons. The van der Waals surface area contributed by atoms with Gasteiger partial charge in [-0.3, -0.25) is 4.79 Å². The minimum Gasteiger partial charge on any atom is -0.497 e. The fourth-order valence-corrected chi connectivity index (χ4v) is 2.54. The summed E-state index contributed by atoms with van der Waals surface area (Å²) in [6, 6.07) is 14.8. The van der Waals surface area contributed by atoms with Crippen molar-refractivity contribution >= 4 is 5.91 Å². The van der Waals surface area contributed by atoms with Crippen LogP contribution in [0.4, 0.5) is 0 Å². The van der Waals surface area contributed by atoms with Crippen LogP contribution in [0.5, 0.6) is 11.5 Å². The lowest BCUT2D eigenvalue weighted by Gasteiger charge is -2.08. The molecule has 0 radical (unpaired) electrons. The topological polar surface area (TPSA) is 91.2 Å². The third kappa shape index (κ3) is 4.81. The number of nitrogens with zero attached hydrogens (tertiary/aromatic N) is 4. The van der Waals surface area contributed by atoms with Crippen LogP contribution in [-0.4, -0.2) is 39.8 Å². The van der Waals surface area contributed by atoms with Crippen LogP contribution < -0.4 is 14.8 Å². The fourth-order valence-electron chi connectivity index (χ4n) is 2.54. The highest BCUT2D eigenvalue weighted by Gasteiger charge is 2.11. The molecular weight excluding hydrogens is 346 g/mol. The van der Waals surface area contributed by atoms with E-state index in [1.54, 1.807) is 11.8 Å². The molecule has 0 saturated carbocycles. The Hall–Kier alpha value is -3.42. The Kier molecular flexibility index (Phi) is 5.98. The number of rotatable bonds is 8. The second-order valence-corrected chi connectivity index (χ2v) is 5.74. The number of nitrogens with one attached hydrogen (secondary N) is 1. The summed E-state index contributed by atoms with van der Waals surface area (Å²) in [6.07, 6.45) is 0.272. The number of tetrazole rings is 1. The average molecular weight is 367 g/mol. The van der Waals surface area contributed by atoms with E-state index in [1.807, 2.05) is 55.5 Å². The molecule has 0 saturated heterocycles. The molecule has 0 unspecified atom stereocenters. The first-order chi connectivity index (χ1) is 13.2. The maximum Gasteiger partial charge on any atom is 0.224 e. The highest BCUT2D eigenvalue weighted by atomic mass is 16.5. The Balaban J connectivity index is 1.59. The summed E-state index contributed by atoms with van der Waals surface area (Å²) in [7, 11) is 1.61. The number of methoxy groups -OCH3 is 1. The Bertz CT molecular complexity index is 875. The van der Waals surface area contributed by atoms with Crippen molar-refractivity contribution in [3.05, 3.63) is 59.9 Å². The lowest BCUT2D eigenvalue weighted by atomic mass is 10.1. The van der Waals surface area contributed by atoms with Crippen molar-refractivity contribution < 1.29 is 14.3 Å². The normalized spacial score (nSPS) is 10.4. The zero-order valence-corrected chi connectivity index (χ0v) is 15.3. The summed E-state index contributed by atoms with van der Waals surface area (Å²) in [5.41, 5.74) is 1.70. The molecule has 0 aliphatic carbocycles. The van der Waals surface area contributed by atoms with Crippen molar-refractivity contribution in [2.45, 2.75) is 19.9 Å². The van der Waals surface area contributed by atoms with Crippen LogP contribution in [0.3, 0.4) is 0 Å². The Morgan fingerprint density at radius 3 is 2.44 bits per heavy atom. The van der Waals surface area contributed by atoms with Crippen molar-refractivity contribution in [2.24, 2.45) is 0 Å². The van der Waals surface area contributed by atoms with Crippen LogP contribution in [0.1, 0.15) is 18.3 Å². The van der Waals surface area contributed by atoms with E-state index in [-0.39, 0.29) is 18.9 Å². The Labute approximate surface area is 157 Å². The molecule has 3 rings (SSSR count). The van der Waals surface area contributed by atoms with E-state index in [2.05, 4.69) is 20.8 Å². The number of carbonyl (C=O) groups excluding carboxylic acids is 1. The molecule has 1 N–H and O–H groups in total. The van der Waals surface area contributed by atoms with E-state index in [4.69, 9.17) is 9.47 Å². The molecule has 0 atom stereocenters. The third-order valence-corrected chi connectivity index (χ3v) is 3.89. The molecule has 0 spiro atoms. The average Bonchev–Trinajstić information content (AvgIpc) is 3.16. The molecule has 1 amide bonds. The smallest absolute Gasteiger partial charge is 0.224 e. The number of hydrogen-bond acceptors (Lipinski definition) is 6. The molecular formula is C19H21N5O3. The van der Waals surface area contributed by atoms with Crippen LogP contribution in [0, 0.1) is 0 Å². The molecule has 8 heteroatoms. The van der Waals surface area contributed by atoms with Gasteiger partial charge in [0.2, 0.25) is 5.91 Å². The van der Waals surface area contributed by atoms with E-state index in [0.717, 1.165) is 22.7 Å². The highest BCUT2D eigenvalue weighted by Crippen LogP contribution is 2.15. The summed E-state index contributed by atoms with van der Waals surface area (Å²) in [5.74, 6) is 1.97. The maximum atomic E-state index is 12.2. The van der Waals surface area contributed by atoms with Gasteiger partial charge in [-0.25, -0.2) is 0 Å². The maximum absolute atomic E-state index is 12.2. The van der Waals surface area contributed by atoms with Gasteiger partial charge >= 0.3 is 0 Å². The molecule has 8 nitrogen and oxygen atoms in total. The first-order valence-corrected chi connectivity index (χ1v) is 8.59. The van der Waals surface area contributed by atoms with Gasteiger partial charge < -0.3 is 14.8 Å². The van der Waals surface area contributed by atoms with E-state index < -0.39 is 0 Å². The van der Waals surface area contributed by atoms with Gasteiger partial charge in [-0.15, -0.1) is 5.10 Å².